The summed E-state index contributed by atoms with van der Waals surface area (Å²) >= 11 is 0. The summed E-state index contributed by atoms with van der Waals surface area (Å²) in [5, 5.41) is 0. The highest BCUT2D eigenvalue weighted by Crippen LogP contribution is 2.12. The predicted molar refractivity (Wildman–Crippen MR) is 75.1 cm³/mol. The lowest BCUT2D eigenvalue weighted by Crippen LogP contribution is -2.31. The fraction of sp³-hybridized carbons (Fsp3) is 0.562. The Kier molecular flexibility index (Phi) is 4.94. The van der Waals surface area contributed by atoms with Crippen molar-refractivity contribution in [2.24, 2.45) is 0 Å². The first-order chi connectivity index (χ1) is 8.79. The Hall–Kier alpha value is -1.15. The molecular formula is C16H23NO. The van der Waals surface area contributed by atoms with Gasteiger partial charge in [0, 0.05) is 18.5 Å². The molecule has 1 aliphatic heterocycles. The number of carbonyl (C=O) groups excluding carboxylic acids is 1. The van der Waals surface area contributed by atoms with Crippen LogP contribution in [-0.4, -0.2) is 30.3 Å². The molecule has 0 aliphatic carbocycles. The summed E-state index contributed by atoms with van der Waals surface area (Å²) in [6, 6.07) is 8.06. The predicted octanol–water partition coefficient (Wildman–Crippen LogP) is 3.31. The molecule has 0 unspecified atom stereocenters. The van der Waals surface area contributed by atoms with Gasteiger partial charge in [0.05, 0.1) is 0 Å². The highest BCUT2D eigenvalue weighted by molar-refractivity contribution is 5.96. The van der Waals surface area contributed by atoms with E-state index in [2.05, 4.69) is 17.9 Å². The number of carbonyl (C=O) groups is 1. The van der Waals surface area contributed by atoms with Gasteiger partial charge in [0.2, 0.25) is 0 Å². The van der Waals surface area contributed by atoms with Crippen LogP contribution in [-0.2, 0) is 6.42 Å². The van der Waals surface area contributed by atoms with E-state index in [1.54, 1.807) is 0 Å². The number of ketones is 1. The van der Waals surface area contributed by atoms with Crippen molar-refractivity contribution in [3.8, 4) is 0 Å². The zero-order valence-electron chi connectivity index (χ0n) is 11.3. The van der Waals surface area contributed by atoms with Crippen molar-refractivity contribution in [2.75, 3.05) is 19.6 Å². The van der Waals surface area contributed by atoms with Crippen LogP contribution in [0.2, 0.25) is 0 Å². The van der Waals surface area contributed by atoms with Crippen molar-refractivity contribution in [3.05, 3.63) is 35.4 Å². The zero-order chi connectivity index (χ0) is 12.8. The van der Waals surface area contributed by atoms with Crippen LogP contribution >= 0.6 is 0 Å². The molecule has 1 aromatic rings. The van der Waals surface area contributed by atoms with Gasteiger partial charge in [-0.15, -0.1) is 0 Å². The van der Waals surface area contributed by atoms with Crippen molar-refractivity contribution in [3.63, 3.8) is 0 Å². The molecule has 0 radical (unpaired) electrons. The van der Waals surface area contributed by atoms with Crippen LogP contribution < -0.4 is 0 Å². The van der Waals surface area contributed by atoms with E-state index in [9.17, 15) is 4.79 Å². The molecule has 1 saturated heterocycles. The number of likely N-dealkylation sites (tertiary alicyclic amines) is 1. The quantitative estimate of drug-likeness (QED) is 0.742. The molecule has 1 aliphatic rings. The van der Waals surface area contributed by atoms with Crippen LogP contribution in [0.5, 0.6) is 0 Å². The molecule has 1 fully saturated rings. The number of benzene rings is 1. The molecule has 2 nitrogen and oxygen atoms in total. The van der Waals surface area contributed by atoms with Gasteiger partial charge in [-0.25, -0.2) is 0 Å². The number of Topliss-reactive ketones (excluding diaryl/α,β-unsaturated/α-hetero) is 1. The molecule has 1 heterocycles. The highest BCUT2D eigenvalue weighted by Gasteiger charge is 2.12. The standard InChI is InChI=1S/C16H23NO/c1-2-14-7-6-8-15(13-14)16(18)9-12-17-10-4-3-5-11-17/h6-8,13H,2-5,9-12H2,1H3. The molecule has 0 amide bonds. The largest absolute Gasteiger partial charge is 0.303 e. The first kappa shape index (κ1) is 13.3. The maximum absolute atomic E-state index is 12.1. The van der Waals surface area contributed by atoms with Crippen LogP contribution in [0.3, 0.4) is 0 Å². The van der Waals surface area contributed by atoms with Crippen LogP contribution in [0.4, 0.5) is 0 Å². The Labute approximate surface area is 110 Å². The fourth-order valence-corrected chi connectivity index (χ4v) is 2.55. The van der Waals surface area contributed by atoms with Gasteiger partial charge in [-0.1, -0.05) is 31.5 Å². The fourth-order valence-electron chi connectivity index (χ4n) is 2.55. The highest BCUT2D eigenvalue weighted by atomic mass is 16.1. The summed E-state index contributed by atoms with van der Waals surface area (Å²) in [6.45, 7) is 5.39. The third-order valence-corrected chi connectivity index (χ3v) is 3.76. The third-order valence-electron chi connectivity index (χ3n) is 3.76. The molecule has 2 rings (SSSR count). The average Bonchev–Trinajstić information content (AvgIpc) is 2.46. The monoisotopic (exact) mass is 245 g/mol. The lowest BCUT2D eigenvalue weighted by Gasteiger charge is -2.25. The molecule has 0 bridgehead atoms. The lowest BCUT2D eigenvalue weighted by atomic mass is 10.0. The van der Waals surface area contributed by atoms with Crippen LogP contribution in [0.15, 0.2) is 24.3 Å². The Bertz CT molecular complexity index is 394. The van der Waals surface area contributed by atoms with Gasteiger partial charge in [-0.2, -0.15) is 0 Å². The van der Waals surface area contributed by atoms with Gasteiger partial charge in [-0.05, 0) is 44.0 Å². The maximum Gasteiger partial charge on any atom is 0.164 e. The summed E-state index contributed by atoms with van der Waals surface area (Å²) in [7, 11) is 0. The van der Waals surface area contributed by atoms with E-state index >= 15 is 0 Å². The smallest absolute Gasteiger partial charge is 0.164 e. The van der Waals surface area contributed by atoms with E-state index in [-0.39, 0.29) is 5.78 Å². The van der Waals surface area contributed by atoms with E-state index in [4.69, 9.17) is 0 Å². The Balaban J connectivity index is 1.86. The summed E-state index contributed by atoms with van der Waals surface area (Å²) in [6.07, 6.45) is 5.59. The van der Waals surface area contributed by atoms with E-state index in [0.717, 1.165) is 18.5 Å². The number of nitrogens with zero attached hydrogens (tertiary/aromatic N) is 1. The summed E-state index contributed by atoms with van der Waals surface area (Å²) in [4.78, 5) is 14.6. The molecule has 1 aromatic carbocycles. The second-order valence-electron chi connectivity index (χ2n) is 5.13. The third kappa shape index (κ3) is 3.67. The van der Waals surface area contributed by atoms with E-state index in [1.807, 2.05) is 18.2 Å². The number of hydrogen-bond donors (Lipinski definition) is 0. The molecule has 0 aromatic heterocycles. The normalized spacial score (nSPS) is 16.7. The van der Waals surface area contributed by atoms with Crippen molar-refractivity contribution >= 4 is 5.78 Å². The average molecular weight is 245 g/mol. The molecule has 18 heavy (non-hydrogen) atoms. The topological polar surface area (TPSA) is 20.3 Å². The lowest BCUT2D eigenvalue weighted by molar-refractivity contribution is 0.0958. The van der Waals surface area contributed by atoms with Gasteiger partial charge < -0.3 is 4.90 Å². The Morgan fingerprint density at radius 2 is 2.00 bits per heavy atom. The molecule has 0 N–H and O–H groups in total. The number of rotatable bonds is 5. The molecule has 0 saturated carbocycles. The van der Waals surface area contributed by atoms with Crippen LogP contribution in [0.1, 0.15) is 48.5 Å². The number of hydrogen-bond acceptors (Lipinski definition) is 2. The maximum atomic E-state index is 12.1. The second-order valence-corrected chi connectivity index (χ2v) is 5.13. The van der Waals surface area contributed by atoms with Crippen molar-refractivity contribution in [1.29, 1.82) is 0 Å². The van der Waals surface area contributed by atoms with Crippen molar-refractivity contribution in [2.45, 2.75) is 39.0 Å². The number of aryl methyl sites for hydroxylation is 1. The van der Waals surface area contributed by atoms with Gasteiger partial charge in [-0.3, -0.25) is 4.79 Å². The SMILES string of the molecule is CCc1cccc(C(=O)CCN2CCCCC2)c1. The molecular weight excluding hydrogens is 222 g/mol. The second kappa shape index (κ2) is 6.69. The van der Waals surface area contributed by atoms with E-state index in [1.165, 1.54) is 37.9 Å². The minimum atomic E-state index is 0.288. The van der Waals surface area contributed by atoms with Gasteiger partial charge in [0.25, 0.3) is 0 Å². The summed E-state index contributed by atoms with van der Waals surface area (Å²) < 4.78 is 0. The molecule has 2 heteroatoms. The molecule has 0 spiro atoms. The first-order valence-electron chi connectivity index (χ1n) is 7.14. The van der Waals surface area contributed by atoms with Crippen molar-refractivity contribution < 1.29 is 4.79 Å². The zero-order valence-corrected chi connectivity index (χ0v) is 11.3. The molecule has 98 valence electrons. The Morgan fingerprint density at radius 3 is 2.72 bits per heavy atom. The van der Waals surface area contributed by atoms with E-state index < -0.39 is 0 Å². The minimum Gasteiger partial charge on any atom is -0.303 e. The van der Waals surface area contributed by atoms with Gasteiger partial charge >= 0.3 is 0 Å². The van der Waals surface area contributed by atoms with Crippen molar-refractivity contribution in [1.82, 2.24) is 4.90 Å². The van der Waals surface area contributed by atoms with Crippen LogP contribution in [0.25, 0.3) is 0 Å². The van der Waals surface area contributed by atoms with Crippen LogP contribution in [0, 0.1) is 0 Å². The van der Waals surface area contributed by atoms with Gasteiger partial charge in [0.1, 0.15) is 0 Å². The summed E-state index contributed by atoms with van der Waals surface area (Å²) in [5.74, 6) is 0.288. The molecule has 0 atom stereocenters. The first-order valence-corrected chi connectivity index (χ1v) is 7.14. The van der Waals surface area contributed by atoms with E-state index in [0.29, 0.717) is 6.42 Å². The number of piperidine rings is 1. The van der Waals surface area contributed by atoms with Gasteiger partial charge in [0.15, 0.2) is 5.78 Å². The summed E-state index contributed by atoms with van der Waals surface area (Å²) in [5.41, 5.74) is 2.13. The minimum absolute atomic E-state index is 0.288. The Morgan fingerprint density at radius 1 is 1.22 bits per heavy atom.